The van der Waals surface area contributed by atoms with Gasteiger partial charge in [0.05, 0.1) is 36.1 Å². The number of nitrogens with one attached hydrogen (secondary N) is 2. The number of amides is 1. The van der Waals surface area contributed by atoms with E-state index < -0.39 is 5.97 Å². The van der Waals surface area contributed by atoms with Crippen molar-refractivity contribution in [2.24, 2.45) is 0 Å². The number of benzene rings is 2. The minimum absolute atomic E-state index is 0.0527. The average Bonchev–Trinajstić information content (AvgIpc) is 3.43. The minimum atomic E-state index is -0.408. The largest absolute Gasteiger partial charge is 0.465 e. The number of carbonyl (C=O) groups excluding carboxylic acids is 2. The number of para-hydroxylation sites is 2. The van der Waals surface area contributed by atoms with E-state index in [9.17, 15) is 9.59 Å². The van der Waals surface area contributed by atoms with Gasteiger partial charge in [-0.1, -0.05) is 36.4 Å². The van der Waals surface area contributed by atoms with Gasteiger partial charge in [-0.05, 0) is 74.1 Å². The van der Waals surface area contributed by atoms with Crippen molar-refractivity contribution in [1.82, 2.24) is 19.8 Å². The molecule has 2 aromatic carbocycles. The number of methoxy groups -OCH3 is 1. The fourth-order valence-electron chi connectivity index (χ4n) is 5.20. The molecule has 1 amide bonds. The van der Waals surface area contributed by atoms with Crippen molar-refractivity contribution in [3.05, 3.63) is 113 Å². The van der Waals surface area contributed by atoms with Gasteiger partial charge in [0.25, 0.3) is 0 Å². The lowest BCUT2D eigenvalue weighted by atomic mass is 9.96. The SMILES string of the molecule is COC(=O)c1ccccc1-n1c(C)cc([C@H]2[C@@H](c3ccccn3)NC(=S)N2CC(=O)Nc2ccccc2)c1C. The molecular weight excluding hydrogens is 510 g/mol. The van der Waals surface area contributed by atoms with Gasteiger partial charge in [0.2, 0.25) is 5.91 Å². The van der Waals surface area contributed by atoms with E-state index in [1.54, 1.807) is 12.3 Å². The molecule has 2 atom stereocenters. The van der Waals surface area contributed by atoms with E-state index >= 15 is 0 Å². The minimum Gasteiger partial charge on any atom is -0.465 e. The lowest BCUT2D eigenvalue weighted by Gasteiger charge is -2.27. The van der Waals surface area contributed by atoms with E-state index in [4.69, 9.17) is 17.0 Å². The lowest BCUT2D eigenvalue weighted by Crippen LogP contribution is -2.37. The van der Waals surface area contributed by atoms with Crippen LogP contribution in [0.1, 0.15) is 45.1 Å². The molecule has 5 rings (SSSR count). The van der Waals surface area contributed by atoms with Gasteiger partial charge in [0.15, 0.2) is 5.11 Å². The van der Waals surface area contributed by atoms with Crippen LogP contribution in [-0.4, -0.2) is 45.1 Å². The molecule has 2 N–H and O–H groups in total. The summed E-state index contributed by atoms with van der Waals surface area (Å²) in [6, 6.07) is 23.9. The first kappa shape index (κ1) is 26.1. The number of aromatic nitrogens is 2. The van der Waals surface area contributed by atoms with Gasteiger partial charge >= 0.3 is 5.97 Å². The van der Waals surface area contributed by atoms with Crippen LogP contribution < -0.4 is 10.6 Å². The first-order valence-corrected chi connectivity index (χ1v) is 13.0. The highest BCUT2D eigenvalue weighted by atomic mass is 32.1. The Hall–Kier alpha value is -4.50. The maximum absolute atomic E-state index is 13.2. The molecule has 1 aliphatic rings. The zero-order valence-electron chi connectivity index (χ0n) is 21.9. The summed E-state index contributed by atoms with van der Waals surface area (Å²) in [6.07, 6.45) is 1.75. The second kappa shape index (κ2) is 11.1. The molecule has 0 bridgehead atoms. The number of rotatable bonds is 7. The number of hydrogen-bond donors (Lipinski definition) is 2. The Kier molecular flexibility index (Phi) is 7.42. The highest BCUT2D eigenvalue weighted by Crippen LogP contribution is 2.41. The van der Waals surface area contributed by atoms with Crippen LogP contribution in [0.5, 0.6) is 0 Å². The number of esters is 1. The zero-order valence-corrected chi connectivity index (χ0v) is 22.7. The molecule has 0 aliphatic carbocycles. The molecule has 39 heavy (non-hydrogen) atoms. The van der Waals surface area contributed by atoms with Crippen molar-refractivity contribution in [2.75, 3.05) is 19.0 Å². The Morgan fingerprint density at radius 2 is 1.74 bits per heavy atom. The predicted octanol–water partition coefficient (Wildman–Crippen LogP) is 4.89. The maximum atomic E-state index is 13.2. The average molecular weight is 540 g/mol. The Bertz CT molecular complexity index is 1520. The predicted molar refractivity (Wildman–Crippen MR) is 154 cm³/mol. The molecule has 1 saturated heterocycles. The number of pyridine rings is 1. The van der Waals surface area contributed by atoms with Crippen molar-refractivity contribution in [1.29, 1.82) is 0 Å². The molecule has 0 saturated carbocycles. The molecule has 3 heterocycles. The zero-order chi connectivity index (χ0) is 27.5. The number of nitrogens with zero attached hydrogens (tertiary/aromatic N) is 3. The van der Waals surface area contributed by atoms with Crippen molar-refractivity contribution in [3.8, 4) is 5.69 Å². The third-order valence-corrected chi connectivity index (χ3v) is 7.26. The van der Waals surface area contributed by atoms with Gasteiger partial charge in [-0.15, -0.1) is 0 Å². The van der Waals surface area contributed by atoms with Crippen LogP contribution >= 0.6 is 12.2 Å². The second-order valence-electron chi connectivity index (χ2n) is 9.34. The summed E-state index contributed by atoms with van der Waals surface area (Å²) < 4.78 is 7.09. The lowest BCUT2D eigenvalue weighted by molar-refractivity contribution is -0.116. The molecule has 8 nitrogen and oxygen atoms in total. The summed E-state index contributed by atoms with van der Waals surface area (Å²) in [5, 5.41) is 6.83. The van der Waals surface area contributed by atoms with Crippen molar-refractivity contribution in [3.63, 3.8) is 0 Å². The Labute approximate surface area is 232 Å². The van der Waals surface area contributed by atoms with Gasteiger partial charge < -0.3 is 24.8 Å². The summed E-state index contributed by atoms with van der Waals surface area (Å²) in [7, 11) is 1.38. The summed E-state index contributed by atoms with van der Waals surface area (Å²) in [6.45, 7) is 4.06. The van der Waals surface area contributed by atoms with E-state index in [-0.39, 0.29) is 24.5 Å². The first-order chi connectivity index (χ1) is 18.9. The molecular formula is C30H29N5O3S. The second-order valence-corrected chi connectivity index (χ2v) is 9.73. The van der Waals surface area contributed by atoms with Crippen LogP contribution in [0.25, 0.3) is 5.69 Å². The Morgan fingerprint density at radius 1 is 1.03 bits per heavy atom. The van der Waals surface area contributed by atoms with Gasteiger partial charge in [-0.25, -0.2) is 4.79 Å². The number of anilines is 1. The van der Waals surface area contributed by atoms with Gasteiger partial charge in [-0.2, -0.15) is 0 Å². The fraction of sp³-hybridized carbons (Fsp3) is 0.200. The molecule has 198 valence electrons. The number of aryl methyl sites for hydroxylation is 1. The molecule has 0 unspecified atom stereocenters. The van der Waals surface area contributed by atoms with Gasteiger partial charge in [0, 0.05) is 23.3 Å². The van der Waals surface area contributed by atoms with Gasteiger partial charge in [-0.3, -0.25) is 9.78 Å². The highest BCUT2D eigenvalue weighted by Gasteiger charge is 2.42. The molecule has 2 aromatic heterocycles. The molecule has 9 heteroatoms. The number of hydrogen-bond acceptors (Lipinski definition) is 5. The number of ether oxygens (including phenoxy) is 1. The number of thiocarbonyl (C=S) groups is 1. The van der Waals surface area contributed by atoms with Crippen molar-refractivity contribution < 1.29 is 14.3 Å². The summed E-state index contributed by atoms with van der Waals surface area (Å²) in [5.41, 5.74) is 5.56. The normalized spacial score (nSPS) is 16.6. The standard InChI is InChI=1S/C30H29N5O3S/c1-19-17-23(20(2)35(19)25-15-8-7-13-22(25)29(37)38-3)28-27(24-14-9-10-16-31-24)33-30(39)34(28)18-26(36)32-21-11-5-4-6-12-21/h4-17,27-28H,18H2,1-3H3,(H,32,36)(H,33,39)/t27-,28+/m1/s1. The van der Waals surface area contributed by atoms with E-state index in [0.717, 1.165) is 34.0 Å². The topological polar surface area (TPSA) is 88.5 Å². The summed E-state index contributed by atoms with van der Waals surface area (Å²) in [4.78, 5) is 32.2. The van der Waals surface area contributed by atoms with Crippen LogP contribution in [0.15, 0.2) is 85.1 Å². The van der Waals surface area contributed by atoms with Crippen molar-refractivity contribution in [2.45, 2.75) is 25.9 Å². The maximum Gasteiger partial charge on any atom is 0.339 e. The molecule has 1 aliphatic heterocycles. The highest BCUT2D eigenvalue weighted by molar-refractivity contribution is 7.80. The van der Waals surface area contributed by atoms with Crippen LogP contribution in [0, 0.1) is 13.8 Å². The Morgan fingerprint density at radius 3 is 2.46 bits per heavy atom. The summed E-state index contributed by atoms with van der Waals surface area (Å²) >= 11 is 5.76. The fourth-order valence-corrected chi connectivity index (χ4v) is 5.51. The molecule has 0 radical (unpaired) electrons. The molecule has 0 spiro atoms. The third kappa shape index (κ3) is 5.13. The van der Waals surface area contributed by atoms with E-state index in [0.29, 0.717) is 10.7 Å². The monoisotopic (exact) mass is 539 g/mol. The van der Waals surface area contributed by atoms with Crippen LogP contribution in [-0.2, 0) is 9.53 Å². The third-order valence-electron chi connectivity index (χ3n) is 6.91. The van der Waals surface area contributed by atoms with Crippen LogP contribution in [0.4, 0.5) is 5.69 Å². The Balaban J connectivity index is 1.57. The van der Waals surface area contributed by atoms with Crippen molar-refractivity contribution >= 4 is 34.9 Å². The first-order valence-electron chi connectivity index (χ1n) is 12.6. The summed E-state index contributed by atoms with van der Waals surface area (Å²) in [5.74, 6) is -0.587. The quantitative estimate of drug-likeness (QED) is 0.255. The smallest absolute Gasteiger partial charge is 0.339 e. The van der Waals surface area contributed by atoms with E-state index in [2.05, 4.69) is 21.7 Å². The van der Waals surface area contributed by atoms with E-state index in [1.807, 2.05) is 90.0 Å². The molecule has 4 aromatic rings. The van der Waals surface area contributed by atoms with Gasteiger partial charge in [0.1, 0.15) is 6.54 Å². The van der Waals surface area contributed by atoms with E-state index in [1.165, 1.54) is 7.11 Å². The number of carbonyl (C=O) groups is 2. The van der Waals surface area contributed by atoms with Crippen LogP contribution in [0.2, 0.25) is 0 Å². The molecule has 1 fully saturated rings. The van der Waals surface area contributed by atoms with Crippen LogP contribution in [0.3, 0.4) is 0 Å².